The highest BCUT2D eigenvalue weighted by atomic mass is 32.2. The van der Waals surface area contributed by atoms with Crippen LogP contribution in [-0.2, 0) is 43.7 Å². The number of halogens is 1. The molecule has 1 aliphatic heterocycles. The molecule has 4 aromatic rings. The Morgan fingerprint density at radius 1 is 0.857 bits per heavy atom. The van der Waals surface area contributed by atoms with Crippen LogP contribution in [0.5, 0.6) is 11.5 Å². The minimum Gasteiger partial charge on any atom is -0.497 e. The van der Waals surface area contributed by atoms with Crippen molar-refractivity contribution in [1.82, 2.24) is 14.5 Å². The number of amides is 2. The van der Waals surface area contributed by atoms with E-state index in [1.54, 1.807) is 19.2 Å². The Morgan fingerprint density at radius 2 is 1.49 bits per heavy atom. The van der Waals surface area contributed by atoms with Gasteiger partial charge in [-0.3, -0.25) is 9.59 Å². The van der Waals surface area contributed by atoms with E-state index in [9.17, 15) is 22.4 Å². The second-order valence-electron chi connectivity index (χ2n) is 11.5. The van der Waals surface area contributed by atoms with Crippen molar-refractivity contribution < 1.29 is 36.6 Å². The monoisotopic (exact) mass is 689 g/mol. The molecular weight excluding hydrogens is 649 g/mol. The van der Waals surface area contributed by atoms with Crippen molar-refractivity contribution in [2.75, 3.05) is 46.6 Å². The molecule has 0 aromatic heterocycles. The van der Waals surface area contributed by atoms with E-state index in [-0.39, 0.29) is 36.9 Å². The van der Waals surface area contributed by atoms with E-state index in [0.717, 1.165) is 16.9 Å². The van der Waals surface area contributed by atoms with Crippen molar-refractivity contribution in [2.24, 2.45) is 0 Å². The molecule has 49 heavy (non-hydrogen) atoms. The van der Waals surface area contributed by atoms with Gasteiger partial charge < -0.3 is 24.4 Å². The van der Waals surface area contributed by atoms with Gasteiger partial charge in [0.05, 0.1) is 25.2 Å². The van der Waals surface area contributed by atoms with Gasteiger partial charge in [-0.25, -0.2) is 12.8 Å². The van der Waals surface area contributed by atoms with Crippen LogP contribution < -0.4 is 14.8 Å². The zero-order valence-corrected chi connectivity index (χ0v) is 28.1. The first kappa shape index (κ1) is 35.5. The predicted octanol–water partition coefficient (Wildman–Crippen LogP) is 4.23. The third kappa shape index (κ3) is 9.88. The Balaban J connectivity index is 1.33. The normalized spacial score (nSPS) is 14.1. The third-order valence-electron chi connectivity index (χ3n) is 8.20. The van der Waals surface area contributed by atoms with E-state index in [4.69, 9.17) is 14.2 Å². The number of carbonyl (C=O) groups is 2. The van der Waals surface area contributed by atoms with Crippen molar-refractivity contribution in [3.05, 3.63) is 126 Å². The Morgan fingerprint density at radius 3 is 2.14 bits per heavy atom. The first-order chi connectivity index (χ1) is 23.7. The number of carbonyl (C=O) groups excluding carboxylic acids is 2. The number of hydrogen-bond acceptors (Lipinski definition) is 7. The summed E-state index contributed by atoms with van der Waals surface area (Å²) in [5.74, 6) is -0.200. The average Bonchev–Trinajstić information content (AvgIpc) is 3.14. The molecular formula is C37H40FN3O7S. The summed E-state index contributed by atoms with van der Waals surface area (Å²) in [6.45, 7) is 1.18. The maximum absolute atomic E-state index is 13.9. The Labute approximate surface area is 286 Å². The van der Waals surface area contributed by atoms with Gasteiger partial charge in [0.1, 0.15) is 23.4 Å². The van der Waals surface area contributed by atoms with E-state index in [0.29, 0.717) is 37.5 Å². The number of sulfonamides is 1. The molecule has 258 valence electrons. The molecule has 12 heteroatoms. The number of morpholine rings is 1. The van der Waals surface area contributed by atoms with Crippen LogP contribution in [0, 0.1) is 5.82 Å². The maximum Gasteiger partial charge on any atom is 0.261 e. The van der Waals surface area contributed by atoms with E-state index in [1.165, 1.54) is 45.6 Å². The van der Waals surface area contributed by atoms with Crippen LogP contribution in [-0.4, -0.2) is 82.0 Å². The minimum absolute atomic E-state index is 0.0304. The Bertz CT molecular complexity index is 1770. The molecule has 10 nitrogen and oxygen atoms in total. The van der Waals surface area contributed by atoms with Gasteiger partial charge in [-0.15, -0.1) is 0 Å². The number of methoxy groups -OCH3 is 1. The van der Waals surface area contributed by atoms with Crippen LogP contribution in [0.25, 0.3) is 0 Å². The maximum atomic E-state index is 13.9. The van der Waals surface area contributed by atoms with Gasteiger partial charge in [0.15, 0.2) is 6.61 Å². The lowest BCUT2D eigenvalue weighted by molar-refractivity contribution is -0.142. The molecule has 1 aliphatic rings. The zero-order chi connectivity index (χ0) is 34.6. The van der Waals surface area contributed by atoms with Crippen LogP contribution >= 0.6 is 0 Å². The molecule has 0 radical (unpaired) electrons. The Kier molecular flexibility index (Phi) is 12.4. The van der Waals surface area contributed by atoms with Crippen LogP contribution in [0.1, 0.15) is 16.7 Å². The second-order valence-corrected chi connectivity index (χ2v) is 13.5. The third-order valence-corrected chi connectivity index (χ3v) is 10.1. The molecule has 4 aromatic carbocycles. The van der Waals surface area contributed by atoms with Gasteiger partial charge in [0, 0.05) is 32.6 Å². The SMILES string of the molecule is COc1ccc(CCNC(=O)[C@@H](Cc2ccccc2)N(Cc2ccc(F)cc2)C(=O)COc2ccc(S(=O)(=O)N3CCOCC3)cc2)cc1. The van der Waals surface area contributed by atoms with E-state index < -0.39 is 34.4 Å². The topological polar surface area (TPSA) is 114 Å². The minimum atomic E-state index is -3.69. The van der Waals surface area contributed by atoms with Crippen molar-refractivity contribution in [2.45, 2.75) is 30.3 Å². The lowest BCUT2D eigenvalue weighted by Crippen LogP contribution is -2.52. The van der Waals surface area contributed by atoms with E-state index >= 15 is 0 Å². The number of nitrogens with one attached hydrogen (secondary N) is 1. The summed E-state index contributed by atoms with van der Waals surface area (Å²) in [5, 5.41) is 3.00. The molecule has 0 saturated carbocycles. The van der Waals surface area contributed by atoms with Crippen molar-refractivity contribution in [3.63, 3.8) is 0 Å². The van der Waals surface area contributed by atoms with Crippen LogP contribution in [0.3, 0.4) is 0 Å². The summed E-state index contributed by atoms with van der Waals surface area (Å²) in [6, 6.07) is 27.7. The van der Waals surface area contributed by atoms with Crippen molar-refractivity contribution in [1.29, 1.82) is 0 Å². The standard InChI is InChI=1S/C37H40FN3O7S/c1-46-32-13-9-28(10-14-32)19-20-39-37(43)35(25-29-5-3-2-4-6-29)41(26-30-7-11-31(38)12-8-30)36(42)27-48-33-15-17-34(18-16-33)49(44,45)40-21-23-47-24-22-40/h2-18,35H,19-27H2,1H3,(H,39,43)/t35-/m1/s1. The van der Waals surface area contributed by atoms with Gasteiger partial charge >= 0.3 is 0 Å². The lowest BCUT2D eigenvalue weighted by Gasteiger charge is -2.31. The Hall–Kier alpha value is -4.78. The first-order valence-corrected chi connectivity index (χ1v) is 17.5. The highest BCUT2D eigenvalue weighted by Gasteiger charge is 2.31. The summed E-state index contributed by atoms with van der Waals surface area (Å²) in [4.78, 5) is 29.4. The molecule has 0 bridgehead atoms. The number of ether oxygens (including phenoxy) is 3. The second kappa shape index (κ2) is 17.0. The molecule has 1 saturated heterocycles. The van der Waals surface area contributed by atoms with Gasteiger partial charge in [0.25, 0.3) is 5.91 Å². The van der Waals surface area contributed by atoms with Crippen molar-refractivity contribution in [3.8, 4) is 11.5 Å². The van der Waals surface area contributed by atoms with Gasteiger partial charge in [-0.05, 0) is 71.6 Å². The fraction of sp³-hybridized carbons (Fsp3) is 0.297. The molecule has 0 unspecified atom stereocenters. The summed E-state index contributed by atoms with van der Waals surface area (Å²) in [7, 11) is -2.10. The molecule has 0 spiro atoms. The van der Waals surface area contributed by atoms with Crippen LogP contribution in [0.2, 0.25) is 0 Å². The molecule has 1 N–H and O–H groups in total. The van der Waals surface area contributed by atoms with Crippen LogP contribution in [0.4, 0.5) is 4.39 Å². The van der Waals surface area contributed by atoms with E-state index in [2.05, 4.69) is 5.32 Å². The zero-order valence-electron chi connectivity index (χ0n) is 27.3. The summed E-state index contributed by atoms with van der Waals surface area (Å²) >= 11 is 0. The molecule has 1 atom stereocenters. The van der Waals surface area contributed by atoms with Crippen LogP contribution in [0.15, 0.2) is 108 Å². The lowest BCUT2D eigenvalue weighted by atomic mass is 10.0. The van der Waals surface area contributed by atoms with Gasteiger partial charge in [-0.1, -0.05) is 54.6 Å². The number of nitrogens with zero attached hydrogens (tertiary/aromatic N) is 2. The van der Waals surface area contributed by atoms with Crippen molar-refractivity contribution >= 4 is 21.8 Å². The number of benzene rings is 4. The molecule has 1 fully saturated rings. The largest absolute Gasteiger partial charge is 0.497 e. The number of hydrogen-bond donors (Lipinski definition) is 1. The van der Waals surface area contributed by atoms with Gasteiger partial charge in [0.2, 0.25) is 15.9 Å². The fourth-order valence-electron chi connectivity index (χ4n) is 5.45. The molecule has 5 rings (SSSR count). The van der Waals surface area contributed by atoms with Gasteiger partial charge in [-0.2, -0.15) is 4.31 Å². The summed E-state index contributed by atoms with van der Waals surface area (Å²) in [6.07, 6.45) is 0.802. The highest BCUT2D eigenvalue weighted by Crippen LogP contribution is 2.22. The summed E-state index contributed by atoms with van der Waals surface area (Å²) < 4.78 is 57.5. The molecule has 1 heterocycles. The molecule has 0 aliphatic carbocycles. The fourth-order valence-corrected chi connectivity index (χ4v) is 6.86. The smallest absolute Gasteiger partial charge is 0.261 e. The van der Waals surface area contributed by atoms with E-state index in [1.807, 2.05) is 54.6 Å². The predicted molar refractivity (Wildman–Crippen MR) is 182 cm³/mol. The first-order valence-electron chi connectivity index (χ1n) is 16.0. The number of rotatable bonds is 15. The summed E-state index contributed by atoms with van der Waals surface area (Å²) in [5.41, 5.74) is 2.50. The highest BCUT2D eigenvalue weighted by molar-refractivity contribution is 7.89. The average molecular weight is 690 g/mol. The quantitative estimate of drug-likeness (QED) is 0.199. The molecule has 2 amide bonds.